The van der Waals surface area contributed by atoms with Crippen molar-refractivity contribution in [3.8, 4) is 16.9 Å². The summed E-state index contributed by atoms with van der Waals surface area (Å²) in [7, 11) is 0. The van der Waals surface area contributed by atoms with E-state index < -0.39 is 0 Å². The van der Waals surface area contributed by atoms with Gasteiger partial charge in [0.05, 0.1) is 23.4 Å². The first-order valence-corrected chi connectivity index (χ1v) is 14.1. The van der Waals surface area contributed by atoms with Crippen LogP contribution in [0.25, 0.3) is 21.9 Å². The van der Waals surface area contributed by atoms with Gasteiger partial charge in [-0.3, -0.25) is 14.0 Å². The van der Waals surface area contributed by atoms with E-state index in [-0.39, 0.29) is 23.9 Å². The van der Waals surface area contributed by atoms with E-state index in [0.717, 1.165) is 29.8 Å². The Labute approximate surface area is 232 Å². The van der Waals surface area contributed by atoms with E-state index in [2.05, 4.69) is 37.4 Å². The van der Waals surface area contributed by atoms with E-state index in [1.165, 1.54) is 22.5 Å². The quantitative estimate of drug-likeness (QED) is 0.281. The van der Waals surface area contributed by atoms with Gasteiger partial charge in [0, 0.05) is 22.8 Å². The molecule has 0 aliphatic rings. The van der Waals surface area contributed by atoms with Crippen LogP contribution in [0, 0.1) is 27.7 Å². The van der Waals surface area contributed by atoms with Gasteiger partial charge in [0.25, 0.3) is 5.56 Å². The van der Waals surface area contributed by atoms with Gasteiger partial charge in [0.1, 0.15) is 5.69 Å². The molecule has 0 fully saturated rings. The number of aryl methyl sites for hydroxylation is 4. The van der Waals surface area contributed by atoms with E-state index in [9.17, 15) is 9.59 Å². The highest BCUT2D eigenvalue weighted by atomic mass is 32.1. The lowest BCUT2D eigenvalue weighted by molar-refractivity contribution is -0.121. The van der Waals surface area contributed by atoms with Crippen molar-refractivity contribution in [1.29, 1.82) is 0 Å². The fourth-order valence-electron chi connectivity index (χ4n) is 4.92. The Morgan fingerprint density at radius 3 is 2.59 bits per heavy atom. The fraction of sp³-hybridized carbons (Fsp3) is 0.290. The number of rotatable bonds is 8. The van der Waals surface area contributed by atoms with Gasteiger partial charge in [-0.15, -0.1) is 11.3 Å². The van der Waals surface area contributed by atoms with Crippen LogP contribution in [0.2, 0.25) is 0 Å². The molecule has 0 radical (unpaired) electrons. The minimum atomic E-state index is -0.204. The van der Waals surface area contributed by atoms with Crippen molar-refractivity contribution in [2.45, 2.75) is 59.9 Å². The number of carbonyl (C=O) groups excluding carboxylic acids is 1. The maximum atomic E-state index is 13.8. The lowest BCUT2D eigenvalue weighted by Crippen LogP contribution is -2.34. The Balaban J connectivity index is 1.40. The largest absolute Gasteiger partial charge is 0.353 e. The molecule has 0 aliphatic carbocycles. The number of hydrogen-bond donors (Lipinski definition) is 1. The van der Waals surface area contributed by atoms with Crippen molar-refractivity contribution < 1.29 is 4.79 Å². The molecular weight excluding hydrogens is 506 g/mol. The number of nitrogens with one attached hydrogen (secondary N) is 1. The highest BCUT2D eigenvalue weighted by Gasteiger charge is 2.21. The third-order valence-corrected chi connectivity index (χ3v) is 8.10. The number of hydrogen-bond acceptors (Lipinski definition) is 5. The third-order valence-electron chi connectivity index (χ3n) is 7.23. The minimum Gasteiger partial charge on any atom is -0.353 e. The van der Waals surface area contributed by atoms with Crippen molar-refractivity contribution in [3.63, 3.8) is 0 Å². The van der Waals surface area contributed by atoms with Crippen LogP contribution in [-0.4, -0.2) is 31.1 Å². The zero-order valence-corrected chi connectivity index (χ0v) is 23.8. The second kappa shape index (κ2) is 11.0. The molecule has 8 heteroatoms. The van der Waals surface area contributed by atoms with Crippen LogP contribution < -0.4 is 10.9 Å². The molecule has 1 amide bonds. The van der Waals surface area contributed by atoms with Crippen LogP contribution in [0.4, 0.5) is 0 Å². The second-order valence-corrected chi connectivity index (χ2v) is 11.0. The summed E-state index contributed by atoms with van der Waals surface area (Å²) in [4.78, 5) is 32.0. The van der Waals surface area contributed by atoms with Crippen molar-refractivity contribution in [3.05, 3.63) is 104 Å². The first-order valence-electron chi connectivity index (χ1n) is 13.2. The second-order valence-electron chi connectivity index (χ2n) is 10.2. The Hall–Kier alpha value is -4.04. The average molecular weight is 540 g/mol. The van der Waals surface area contributed by atoms with E-state index in [1.54, 1.807) is 4.40 Å². The molecule has 2 aromatic carbocycles. The molecule has 0 spiro atoms. The van der Waals surface area contributed by atoms with Crippen LogP contribution in [0.1, 0.15) is 47.1 Å². The third kappa shape index (κ3) is 5.43. The van der Waals surface area contributed by atoms with Gasteiger partial charge in [0.15, 0.2) is 4.96 Å². The smallest absolute Gasteiger partial charge is 0.268 e. The first kappa shape index (κ1) is 26.6. The van der Waals surface area contributed by atoms with Gasteiger partial charge in [-0.05, 0) is 76.3 Å². The van der Waals surface area contributed by atoms with Crippen LogP contribution >= 0.6 is 11.3 Å². The number of amides is 1. The molecule has 39 heavy (non-hydrogen) atoms. The molecule has 1 atom stereocenters. The summed E-state index contributed by atoms with van der Waals surface area (Å²) in [6.45, 7) is 9.98. The molecular formula is C31H33N5O2S. The molecule has 5 aromatic rings. The summed E-state index contributed by atoms with van der Waals surface area (Å²) < 4.78 is 3.44. The predicted octanol–water partition coefficient (Wildman–Crippen LogP) is 5.52. The monoisotopic (exact) mass is 539 g/mol. The Morgan fingerprint density at radius 2 is 1.82 bits per heavy atom. The molecule has 0 saturated carbocycles. The number of carbonyl (C=O) groups is 1. The van der Waals surface area contributed by atoms with E-state index in [0.29, 0.717) is 27.6 Å². The average Bonchev–Trinajstić information content (AvgIpc) is 3.48. The summed E-state index contributed by atoms with van der Waals surface area (Å²) in [5.41, 5.74) is 7.56. The van der Waals surface area contributed by atoms with Crippen LogP contribution in [0.5, 0.6) is 0 Å². The van der Waals surface area contributed by atoms with Crippen LogP contribution in [0.15, 0.2) is 64.8 Å². The number of benzene rings is 2. The molecule has 0 saturated heterocycles. The zero-order chi connectivity index (χ0) is 27.7. The summed E-state index contributed by atoms with van der Waals surface area (Å²) in [6, 6.07) is 18.3. The van der Waals surface area contributed by atoms with Gasteiger partial charge in [-0.1, -0.05) is 42.5 Å². The summed E-state index contributed by atoms with van der Waals surface area (Å²) >= 11 is 1.37. The molecule has 3 aromatic heterocycles. The topological polar surface area (TPSA) is 81.3 Å². The number of aromatic nitrogens is 4. The van der Waals surface area contributed by atoms with Crippen LogP contribution in [0.3, 0.4) is 0 Å². The molecule has 0 aliphatic heterocycles. The molecule has 0 bridgehead atoms. The van der Waals surface area contributed by atoms with Crippen molar-refractivity contribution in [2.75, 3.05) is 0 Å². The zero-order valence-electron chi connectivity index (χ0n) is 23.0. The van der Waals surface area contributed by atoms with Gasteiger partial charge in [-0.2, -0.15) is 5.10 Å². The lowest BCUT2D eigenvalue weighted by Gasteiger charge is -2.14. The van der Waals surface area contributed by atoms with E-state index >= 15 is 0 Å². The van der Waals surface area contributed by atoms with Crippen molar-refractivity contribution >= 4 is 22.2 Å². The maximum absolute atomic E-state index is 13.8. The van der Waals surface area contributed by atoms with Gasteiger partial charge in [0.2, 0.25) is 5.91 Å². The highest BCUT2D eigenvalue weighted by Crippen LogP contribution is 2.25. The SMILES string of the molecule is Cc1cccc(-n2nc(-c3c(C)nc4scc(CC(=O)NC(C)CCc5ccccc5)n4c3=O)cc2C)c1C. The Kier molecular flexibility index (Phi) is 7.48. The molecule has 7 nitrogen and oxygen atoms in total. The van der Waals surface area contributed by atoms with Crippen molar-refractivity contribution in [1.82, 2.24) is 24.5 Å². The van der Waals surface area contributed by atoms with E-state index in [4.69, 9.17) is 10.1 Å². The van der Waals surface area contributed by atoms with Gasteiger partial charge >= 0.3 is 0 Å². The van der Waals surface area contributed by atoms with Crippen LogP contribution in [-0.2, 0) is 17.6 Å². The molecule has 1 N–H and O–H groups in total. The van der Waals surface area contributed by atoms with E-state index in [1.807, 2.05) is 67.2 Å². The Morgan fingerprint density at radius 1 is 1.05 bits per heavy atom. The normalized spacial score (nSPS) is 12.1. The minimum absolute atomic E-state index is 0.0206. The summed E-state index contributed by atoms with van der Waals surface area (Å²) in [5.74, 6) is -0.112. The standard InChI is InChI=1S/C31H33N5O2S/c1-19-10-9-13-27(22(19)4)36-21(3)16-26(34-36)29-23(5)33-31-35(30(29)38)25(18-39-31)17-28(37)32-20(2)14-15-24-11-7-6-8-12-24/h6-13,16,18,20H,14-15,17H2,1-5H3,(H,32,37). The molecule has 200 valence electrons. The maximum Gasteiger partial charge on any atom is 0.268 e. The molecule has 1 unspecified atom stereocenters. The molecule has 3 heterocycles. The highest BCUT2D eigenvalue weighted by molar-refractivity contribution is 7.15. The summed E-state index contributed by atoms with van der Waals surface area (Å²) in [6.07, 6.45) is 1.84. The first-order chi connectivity index (χ1) is 18.7. The predicted molar refractivity (Wildman–Crippen MR) is 157 cm³/mol. The van der Waals surface area contributed by atoms with Gasteiger partial charge < -0.3 is 5.32 Å². The lowest BCUT2D eigenvalue weighted by atomic mass is 10.1. The Bertz CT molecular complexity index is 1710. The van der Waals surface area contributed by atoms with Crippen molar-refractivity contribution in [2.24, 2.45) is 0 Å². The number of nitrogens with zero attached hydrogens (tertiary/aromatic N) is 4. The summed E-state index contributed by atoms with van der Waals surface area (Å²) in [5, 5.41) is 9.76. The molecule has 5 rings (SSSR count). The number of thiazole rings is 1. The number of fused-ring (bicyclic) bond motifs is 1. The van der Waals surface area contributed by atoms with Gasteiger partial charge in [-0.25, -0.2) is 9.67 Å². The fourth-order valence-corrected chi connectivity index (χ4v) is 5.85.